The highest BCUT2D eigenvalue weighted by Crippen LogP contribution is 2.09. The summed E-state index contributed by atoms with van der Waals surface area (Å²) in [5.41, 5.74) is 1.57. The number of hydrogen-bond acceptors (Lipinski definition) is 2. The molecule has 0 saturated heterocycles. The Morgan fingerprint density at radius 1 is 1.50 bits per heavy atom. The van der Waals surface area contributed by atoms with Gasteiger partial charge in [0.25, 0.3) is 0 Å². The number of benzene rings is 1. The van der Waals surface area contributed by atoms with Gasteiger partial charge >= 0.3 is 5.97 Å². The summed E-state index contributed by atoms with van der Waals surface area (Å²) in [4.78, 5) is 11.7. The third-order valence-corrected chi connectivity index (χ3v) is 2.66. The molecule has 16 heavy (non-hydrogen) atoms. The van der Waals surface area contributed by atoms with Crippen molar-refractivity contribution >= 4 is 28.0 Å². The molecule has 0 heterocycles. The van der Waals surface area contributed by atoms with Crippen molar-refractivity contribution in [3.63, 3.8) is 0 Å². The fourth-order valence-electron chi connectivity index (χ4n) is 1.22. The summed E-state index contributed by atoms with van der Waals surface area (Å²) < 4.78 is 5.26. The molecule has 1 aromatic carbocycles. The van der Waals surface area contributed by atoms with Crippen LogP contribution >= 0.6 is 15.9 Å². The lowest BCUT2D eigenvalue weighted by molar-refractivity contribution is 0.0337. The van der Waals surface area contributed by atoms with Gasteiger partial charge in [0.05, 0.1) is 5.56 Å². The predicted octanol–water partition coefficient (Wildman–Crippen LogP) is 3.66. The van der Waals surface area contributed by atoms with Gasteiger partial charge in [0.15, 0.2) is 0 Å². The molecule has 1 rings (SSSR count). The summed E-state index contributed by atoms with van der Waals surface area (Å²) in [5.74, 6) is -0.274. The van der Waals surface area contributed by atoms with Gasteiger partial charge < -0.3 is 4.74 Å². The van der Waals surface area contributed by atoms with E-state index >= 15 is 0 Å². The molecule has 0 aliphatic carbocycles. The summed E-state index contributed by atoms with van der Waals surface area (Å²) in [7, 11) is 0. The van der Waals surface area contributed by atoms with Crippen LogP contribution in [0.1, 0.15) is 29.3 Å². The first-order valence-corrected chi connectivity index (χ1v) is 6.29. The zero-order valence-corrected chi connectivity index (χ0v) is 10.9. The Bertz CT molecular complexity index is 357. The molecule has 2 nitrogen and oxygen atoms in total. The van der Waals surface area contributed by atoms with Crippen molar-refractivity contribution < 1.29 is 9.53 Å². The monoisotopic (exact) mass is 282 g/mol. The Balaban J connectivity index is 2.62. The van der Waals surface area contributed by atoms with Crippen LogP contribution in [0.5, 0.6) is 0 Å². The molecular weight excluding hydrogens is 268 g/mol. The molecular formula is C13H15BrO2. The molecule has 1 aromatic rings. The van der Waals surface area contributed by atoms with Crippen LogP contribution in [0.2, 0.25) is 0 Å². The standard InChI is InChI=1S/C13H15BrO2/c1-3-11-4-6-12(7-5-11)13(15)16-10(2)8-9-14/h3-7,10H,1,8-9H2,2H3. The second-order valence-corrected chi connectivity index (χ2v) is 4.31. The molecule has 0 fully saturated rings. The lowest BCUT2D eigenvalue weighted by Gasteiger charge is -2.11. The zero-order valence-electron chi connectivity index (χ0n) is 9.28. The highest BCUT2D eigenvalue weighted by atomic mass is 79.9. The van der Waals surface area contributed by atoms with Crippen LogP contribution in [-0.4, -0.2) is 17.4 Å². The highest BCUT2D eigenvalue weighted by molar-refractivity contribution is 9.09. The van der Waals surface area contributed by atoms with E-state index in [0.29, 0.717) is 5.56 Å². The quantitative estimate of drug-likeness (QED) is 0.609. The molecule has 1 unspecified atom stereocenters. The van der Waals surface area contributed by atoms with Gasteiger partial charge in [-0.1, -0.05) is 40.7 Å². The van der Waals surface area contributed by atoms with Crippen molar-refractivity contribution in [3.8, 4) is 0 Å². The molecule has 0 radical (unpaired) electrons. The van der Waals surface area contributed by atoms with Crippen molar-refractivity contribution in [1.82, 2.24) is 0 Å². The van der Waals surface area contributed by atoms with Crippen molar-refractivity contribution in [2.24, 2.45) is 0 Å². The van der Waals surface area contributed by atoms with Gasteiger partial charge in [-0.25, -0.2) is 4.79 Å². The molecule has 0 amide bonds. The number of alkyl halides is 1. The minimum atomic E-state index is -0.274. The summed E-state index contributed by atoms with van der Waals surface area (Å²) in [6.45, 7) is 5.54. The second-order valence-electron chi connectivity index (χ2n) is 3.52. The second kappa shape index (κ2) is 6.48. The molecule has 0 aliphatic rings. The molecule has 3 heteroatoms. The minimum absolute atomic E-state index is 0.0639. The minimum Gasteiger partial charge on any atom is -0.459 e. The zero-order chi connectivity index (χ0) is 12.0. The Morgan fingerprint density at radius 3 is 2.62 bits per heavy atom. The van der Waals surface area contributed by atoms with Gasteiger partial charge in [-0.15, -0.1) is 0 Å². The highest BCUT2D eigenvalue weighted by Gasteiger charge is 2.10. The molecule has 0 saturated carbocycles. The van der Waals surface area contributed by atoms with E-state index in [2.05, 4.69) is 22.5 Å². The first-order valence-electron chi connectivity index (χ1n) is 5.17. The van der Waals surface area contributed by atoms with Crippen LogP contribution in [0, 0.1) is 0 Å². The fourth-order valence-corrected chi connectivity index (χ4v) is 1.86. The van der Waals surface area contributed by atoms with Crippen LogP contribution in [0.4, 0.5) is 0 Å². The normalized spacial score (nSPS) is 11.9. The molecule has 1 atom stereocenters. The summed E-state index contributed by atoms with van der Waals surface area (Å²) in [5, 5.41) is 0.830. The van der Waals surface area contributed by atoms with E-state index in [-0.39, 0.29) is 12.1 Å². The molecule has 86 valence electrons. The fraction of sp³-hybridized carbons (Fsp3) is 0.308. The Labute approximate surface area is 104 Å². The van der Waals surface area contributed by atoms with E-state index in [9.17, 15) is 4.79 Å². The SMILES string of the molecule is C=Cc1ccc(C(=O)OC(C)CCBr)cc1. The van der Waals surface area contributed by atoms with E-state index in [4.69, 9.17) is 4.74 Å². The van der Waals surface area contributed by atoms with Crippen LogP contribution in [-0.2, 0) is 4.74 Å². The van der Waals surface area contributed by atoms with Crippen LogP contribution in [0.3, 0.4) is 0 Å². The maximum absolute atomic E-state index is 11.7. The molecule has 0 bridgehead atoms. The van der Waals surface area contributed by atoms with E-state index in [1.807, 2.05) is 19.1 Å². The average molecular weight is 283 g/mol. The van der Waals surface area contributed by atoms with E-state index < -0.39 is 0 Å². The largest absolute Gasteiger partial charge is 0.459 e. The van der Waals surface area contributed by atoms with Gasteiger partial charge in [0, 0.05) is 5.33 Å². The topological polar surface area (TPSA) is 26.3 Å². The van der Waals surface area contributed by atoms with Gasteiger partial charge in [0.1, 0.15) is 6.10 Å². The third kappa shape index (κ3) is 3.81. The third-order valence-electron chi connectivity index (χ3n) is 2.21. The number of ether oxygens (including phenoxy) is 1. The van der Waals surface area contributed by atoms with Gasteiger partial charge in [-0.3, -0.25) is 0 Å². The lowest BCUT2D eigenvalue weighted by atomic mass is 10.1. The van der Waals surface area contributed by atoms with E-state index in [1.54, 1.807) is 18.2 Å². The first kappa shape index (κ1) is 13.0. The number of rotatable bonds is 5. The molecule has 0 spiro atoms. The number of carbonyl (C=O) groups excluding carboxylic acids is 1. The smallest absolute Gasteiger partial charge is 0.338 e. The number of esters is 1. The van der Waals surface area contributed by atoms with Gasteiger partial charge in [0.2, 0.25) is 0 Å². The van der Waals surface area contributed by atoms with Crippen molar-refractivity contribution in [1.29, 1.82) is 0 Å². The Morgan fingerprint density at radius 2 is 2.12 bits per heavy atom. The maximum atomic E-state index is 11.7. The first-order chi connectivity index (χ1) is 7.67. The molecule has 0 N–H and O–H groups in total. The summed E-state index contributed by atoms with van der Waals surface area (Å²) in [6.07, 6.45) is 2.49. The Hall–Kier alpha value is -1.09. The number of carbonyl (C=O) groups is 1. The lowest BCUT2D eigenvalue weighted by Crippen LogP contribution is -2.15. The predicted molar refractivity (Wildman–Crippen MR) is 69.8 cm³/mol. The van der Waals surface area contributed by atoms with Crippen LogP contribution in [0.15, 0.2) is 30.8 Å². The maximum Gasteiger partial charge on any atom is 0.338 e. The summed E-state index contributed by atoms with van der Waals surface area (Å²) in [6, 6.07) is 7.19. The molecule has 0 aromatic heterocycles. The summed E-state index contributed by atoms with van der Waals surface area (Å²) >= 11 is 3.31. The number of halogens is 1. The van der Waals surface area contributed by atoms with Crippen molar-refractivity contribution in [2.75, 3.05) is 5.33 Å². The van der Waals surface area contributed by atoms with Gasteiger partial charge in [-0.05, 0) is 31.0 Å². The van der Waals surface area contributed by atoms with Crippen molar-refractivity contribution in [2.45, 2.75) is 19.4 Å². The average Bonchev–Trinajstić information content (AvgIpc) is 2.29. The van der Waals surface area contributed by atoms with E-state index in [0.717, 1.165) is 17.3 Å². The van der Waals surface area contributed by atoms with Crippen molar-refractivity contribution in [3.05, 3.63) is 42.0 Å². The molecule has 0 aliphatic heterocycles. The van der Waals surface area contributed by atoms with E-state index in [1.165, 1.54) is 0 Å². The number of hydrogen-bond donors (Lipinski definition) is 0. The van der Waals surface area contributed by atoms with Crippen LogP contribution in [0.25, 0.3) is 6.08 Å². The Kier molecular flexibility index (Phi) is 5.26. The van der Waals surface area contributed by atoms with Crippen LogP contribution < -0.4 is 0 Å². The van der Waals surface area contributed by atoms with Gasteiger partial charge in [-0.2, -0.15) is 0 Å².